The second-order valence-corrected chi connectivity index (χ2v) is 6.73. The third kappa shape index (κ3) is 3.89. The van der Waals surface area contributed by atoms with E-state index in [1.165, 1.54) is 14.8 Å². The first-order valence-corrected chi connectivity index (χ1v) is 8.36. The number of nitrogen functional groups attached to an aromatic ring is 1. The average Bonchev–Trinajstić information content (AvgIpc) is 2.51. The molecule has 21 heavy (non-hydrogen) atoms. The van der Waals surface area contributed by atoms with Crippen molar-refractivity contribution in [2.45, 2.75) is 6.54 Å². The number of halogens is 1. The highest BCUT2D eigenvalue weighted by Crippen LogP contribution is 2.19. The van der Waals surface area contributed by atoms with E-state index in [0.717, 1.165) is 38.4 Å². The van der Waals surface area contributed by atoms with Crippen LogP contribution in [-0.4, -0.2) is 31.1 Å². The number of hydrogen-bond donors (Lipinski definition) is 1. The molecule has 0 aromatic heterocycles. The minimum absolute atomic E-state index is 0.830. The Kier molecular flexibility index (Phi) is 4.65. The number of hydrogen-bond acceptors (Lipinski definition) is 3. The maximum Gasteiger partial charge on any atom is 0.0368 e. The van der Waals surface area contributed by atoms with Gasteiger partial charge in [0, 0.05) is 47.7 Å². The maximum absolute atomic E-state index is 5.75. The second-order valence-electron chi connectivity index (χ2n) is 5.48. The SMILES string of the molecule is Nc1ccc(N2CCN(Cc3ccc(I)cc3)CC2)cc1. The van der Waals surface area contributed by atoms with Gasteiger partial charge in [-0.3, -0.25) is 4.90 Å². The summed E-state index contributed by atoms with van der Waals surface area (Å²) in [7, 11) is 0. The lowest BCUT2D eigenvalue weighted by molar-refractivity contribution is 0.250. The molecule has 3 nitrogen and oxygen atoms in total. The number of benzene rings is 2. The molecule has 0 aliphatic carbocycles. The van der Waals surface area contributed by atoms with Gasteiger partial charge in [0.05, 0.1) is 0 Å². The highest BCUT2D eigenvalue weighted by Gasteiger charge is 2.17. The lowest BCUT2D eigenvalue weighted by Gasteiger charge is -2.36. The fourth-order valence-corrected chi connectivity index (χ4v) is 3.06. The Morgan fingerprint density at radius 1 is 0.857 bits per heavy atom. The predicted octanol–water partition coefficient (Wildman–Crippen LogP) is 3.20. The summed E-state index contributed by atoms with van der Waals surface area (Å²) in [5.74, 6) is 0. The summed E-state index contributed by atoms with van der Waals surface area (Å²) >= 11 is 2.35. The molecule has 3 rings (SSSR count). The van der Waals surface area contributed by atoms with E-state index in [1.54, 1.807) is 0 Å². The van der Waals surface area contributed by atoms with Gasteiger partial charge in [-0.1, -0.05) is 12.1 Å². The zero-order valence-corrected chi connectivity index (χ0v) is 14.2. The van der Waals surface area contributed by atoms with Crippen molar-refractivity contribution in [2.75, 3.05) is 36.8 Å². The topological polar surface area (TPSA) is 32.5 Å². The van der Waals surface area contributed by atoms with Crippen molar-refractivity contribution in [3.8, 4) is 0 Å². The van der Waals surface area contributed by atoms with E-state index in [1.807, 2.05) is 12.1 Å². The minimum atomic E-state index is 0.830. The molecule has 1 aliphatic heterocycles. The number of nitrogens with zero attached hydrogens (tertiary/aromatic N) is 2. The zero-order chi connectivity index (χ0) is 14.7. The van der Waals surface area contributed by atoms with Crippen LogP contribution in [0.25, 0.3) is 0 Å². The van der Waals surface area contributed by atoms with E-state index in [9.17, 15) is 0 Å². The van der Waals surface area contributed by atoms with Crippen LogP contribution < -0.4 is 10.6 Å². The highest BCUT2D eigenvalue weighted by molar-refractivity contribution is 14.1. The summed E-state index contributed by atoms with van der Waals surface area (Å²) in [6.07, 6.45) is 0. The van der Waals surface area contributed by atoms with Crippen LogP contribution >= 0.6 is 22.6 Å². The van der Waals surface area contributed by atoms with Crippen molar-refractivity contribution in [3.63, 3.8) is 0 Å². The van der Waals surface area contributed by atoms with Crippen LogP contribution in [0.4, 0.5) is 11.4 Å². The molecule has 0 bridgehead atoms. The average molecular weight is 393 g/mol. The van der Waals surface area contributed by atoms with Crippen LogP contribution in [0.2, 0.25) is 0 Å². The molecular weight excluding hydrogens is 373 g/mol. The van der Waals surface area contributed by atoms with Gasteiger partial charge in [-0.25, -0.2) is 0 Å². The smallest absolute Gasteiger partial charge is 0.0368 e. The van der Waals surface area contributed by atoms with Crippen molar-refractivity contribution in [2.24, 2.45) is 0 Å². The molecule has 2 aromatic carbocycles. The summed E-state index contributed by atoms with van der Waals surface area (Å²) in [6.45, 7) is 5.42. The first kappa shape index (κ1) is 14.7. The predicted molar refractivity (Wildman–Crippen MR) is 97.5 cm³/mol. The maximum atomic E-state index is 5.75. The molecule has 1 heterocycles. The van der Waals surface area contributed by atoms with Crippen molar-refractivity contribution >= 4 is 34.0 Å². The van der Waals surface area contributed by atoms with Crippen molar-refractivity contribution in [1.29, 1.82) is 0 Å². The van der Waals surface area contributed by atoms with Gasteiger partial charge in [0.15, 0.2) is 0 Å². The Bertz CT molecular complexity index is 572. The van der Waals surface area contributed by atoms with Crippen LogP contribution in [0, 0.1) is 3.57 Å². The zero-order valence-electron chi connectivity index (χ0n) is 12.0. The quantitative estimate of drug-likeness (QED) is 0.642. The van der Waals surface area contributed by atoms with Gasteiger partial charge in [-0.15, -0.1) is 0 Å². The molecule has 0 saturated carbocycles. The number of nitrogens with two attached hydrogens (primary N) is 1. The monoisotopic (exact) mass is 393 g/mol. The fraction of sp³-hybridized carbons (Fsp3) is 0.294. The molecule has 1 fully saturated rings. The third-order valence-electron chi connectivity index (χ3n) is 3.95. The Balaban J connectivity index is 1.55. The van der Waals surface area contributed by atoms with E-state index in [4.69, 9.17) is 5.73 Å². The minimum Gasteiger partial charge on any atom is -0.399 e. The summed E-state index contributed by atoms with van der Waals surface area (Å²) in [6, 6.07) is 17.0. The summed E-state index contributed by atoms with van der Waals surface area (Å²) < 4.78 is 1.30. The molecule has 2 aromatic rings. The van der Waals surface area contributed by atoms with Gasteiger partial charge in [0.2, 0.25) is 0 Å². The third-order valence-corrected chi connectivity index (χ3v) is 4.67. The first-order valence-electron chi connectivity index (χ1n) is 7.28. The standard InChI is InChI=1S/C17H20IN3/c18-15-3-1-14(2-4-15)13-20-9-11-21(12-10-20)17-7-5-16(19)6-8-17/h1-8H,9-13,19H2. The van der Waals surface area contributed by atoms with Crippen LogP contribution in [0.5, 0.6) is 0 Å². The fourth-order valence-electron chi connectivity index (χ4n) is 2.70. The summed E-state index contributed by atoms with van der Waals surface area (Å²) in [4.78, 5) is 4.96. The van der Waals surface area contributed by atoms with Gasteiger partial charge in [0.25, 0.3) is 0 Å². The van der Waals surface area contributed by atoms with Gasteiger partial charge in [0.1, 0.15) is 0 Å². The normalized spacial score (nSPS) is 16.1. The lowest BCUT2D eigenvalue weighted by atomic mass is 10.2. The van der Waals surface area contributed by atoms with E-state index < -0.39 is 0 Å². The Morgan fingerprint density at radius 2 is 1.48 bits per heavy atom. The number of rotatable bonds is 3. The molecule has 1 aliphatic rings. The van der Waals surface area contributed by atoms with E-state index in [0.29, 0.717) is 0 Å². The molecular formula is C17H20IN3. The molecule has 0 amide bonds. The second kappa shape index (κ2) is 6.66. The Labute approximate surface area is 139 Å². The molecule has 0 spiro atoms. The van der Waals surface area contributed by atoms with Gasteiger partial charge in [-0.2, -0.15) is 0 Å². The Hall–Kier alpha value is -1.27. The summed E-state index contributed by atoms with van der Waals surface area (Å²) in [5.41, 5.74) is 9.25. The molecule has 4 heteroatoms. The van der Waals surface area contributed by atoms with E-state index in [2.05, 4.69) is 68.8 Å². The van der Waals surface area contributed by atoms with Gasteiger partial charge in [-0.05, 0) is 64.6 Å². The van der Waals surface area contributed by atoms with Crippen molar-refractivity contribution < 1.29 is 0 Å². The first-order chi connectivity index (χ1) is 10.2. The van der Waals surface area contributed by atoms with Crippen LogP contribution in [0.15, 0.2) is 48.5 Å². The van der Waals surface area contributed by atoms with Gasteiger partial charge < -0.3 is 10.6 Å². The van der Waals surface area contributed by atoms with Crippen LogP contribution in [0.1, 0.15) is 5.56 Å². The number of anilines is 2. The van der Waals surface area contributed by atoms with Crippen LogP contribution in [0.3, 0.4) is 0 Å². The molecule has 0 radical (unpaired) electrons. The highest BCUT2D eigenvalue weighted by atomic mass is 127. The molecule has 0 unspecified atom stereocenters. The van der Waals surface area contributed by atoms with Crippen LogP contribution in [-0.2, 0) is 6.54 Å². The molecule has 2 N–H and O–H groups in total. The lowest BCUT2D eigenvalue weighted by Crippen LogP contribution is -2.45. The molecule has 1 saturated heterocycles. The number of piperazine rings is 1. The summed E-state index contributed by atoms with van der Waals surface area (Å²) in [5, 5.41) is 0. The van der Waals surface area contributed by atoms with Gasteiger partial charge >= 0.3 is 0 Å². The van der Waals surface area contributed by atoms with Crippen molar-refractivity contribution in [1.82, 2.24) is 4.90 Å². The van der Waals surface area contributed by atoms with E-state index in [-0.39, 0.29) is 0 Å². The van der Waals surface area contributed by atoms with Crippen molar-refractivity contribution in [3.05, 3.63) is 57.7 Å². The van der Waals surface area contributed by atoms with E-state index >= 15 is 0 Å². The largest absolute Gasteiger partial charge is 0.399 e. The Morgan fingerprint density at radius 3 is 2.10 bits per heavy atom. The molecule has 110 valence electrons. The molecule has 0 atom stereocenters.